The van der Waals surface area contributed by atoms with Crippen molar-refractivity contribution in [3.8, 4) is 0 Å². The summed E-state index contributed by atoms with van der Waals surface area (Å²) in [4.78, 5) is 12.0. The fourth-order valence-electron chi connectivity index (χ4n) is 3.06. The largest absolute Gasteiger partial charge is 0.353 e. The molecule has 140 valence electrons. The molecule has 0 saturated heterocycles. The second kappa shape index (κ2) is 8.60. The molecule has 1 aromatic rings. The van der Waals surface area contributed by atoms with E-state index >= 15 is 0 Å². The van der Waals surface area contributed by atoms with E-state index in [1.54, 1.807) is 0 Å². The summed E-state index contributed by atoms with van der Waals surface area (Å²) in [5.74, 6) is -2.25. The molecule has 0 heterocycles. The van der Waals surface area contributed by atoms with Gasteiger partial charge in [0, 0.05) is 25.1 Å². The van der Waals surface area contributed by atoms with Crippen LogP contribution in [-0.4, -0.2) is 33.2 Å². The zero-order valence-corrected chi connectivity index (χ0v) is 15.1. The van der Waals surface area contributed by atoms with Gasteiger partial charge in [-0.15, -0.1) is 0 Å². The summed E-state index contributed by atoms with van der Waals surface area (Å²) < 4.78 is 51.3. The number of nitrogens with zero attached hydrogens (tertiary/aromatic N) is 1. The SMILES string of the molecule is CS(=O)(=O)N(CCCC(=O)NC1CCCCC1)c1ccc(F)c(F)c1. The molecule has 0 radical (unpaired) electrons. The molecule has 1 amide bonds. The Kier molecular flexibility index (Phi) is 6.75. The summed E-state index contributed by atoms with van der Waals surface area (Å²) >= 11 is 0. The van der Waals surface area contributed by atoms with Crippen LogP contribution in [0.25, 0.3) is 0 Å². The predicted molar refractivity (Wildman–Crippen MR) is 92.8 cm³/mol. The molecule has 0 atom stereocenters. The molecule has 0 aliphatic heterocycles. The van der Waals surface area contributed by atoms with Gasteiger partial charge in [-0.2, -0.15) is 0 Å². The highest BCUT2D eigenvalue weighted by molar-refractivity contribution is 7.92. The standard InChI is InChI=1S/C17H24F2N2O3S/c1-25(23,24)21(14-9-10-15(18)16(19)12-14)11-5-8-17(22)20-13-6-3-2-4-7-13/h9-10,12-13H,2-8,11H2,1H3,(H,20,22). The maximum Gasteiger partial charge on any atom is 0.232 e. The third kappa shape index (κ3) is 5.95. The number of hydrogen-bond acceptors (Lipinski definition) is 3. The van der Waals surface area contributed by atoms with E-state index in [1.807, 2.05) is 0 Å². The van der Waals surface area contributed by atoms with Crippen LogP contribution in [-0.2, 0) is 14.8 Å². The van der Waals surface area contributed by atoms with Crippen molar-refractivity contribution in [1.82, 2.24) is 5.32 Å². The first-order chi connectivity index (χ1) is 11.8. The van der Waals surface area contributed by atoms with Crippen molar-refractivity contribution in [3.63, 3.8) is 0 Å². The van der Waals surface area contributed by atoms with Crippen LogP contribution in [0.5, 0.6) is 0 Å². The Morgan fingerprint density at radius 3 is 2.48 bits per heavy atom. The Morgan fingerprint density at radius 1 is 1.20 bits per heavy atom. The van der Waals surface area contributed by atoms with Crippen molar-refractivity contribution in [2.45, 2.75) is 51.0 Å². The van der Waals surface area contributed by atoms with E-state index in [2.05, 4.69) is 5.32 Å². The first kappa shape index (κ1) is 19.6. The number of nitrogens with one attached hydrogen (secondary N) is 1. The van der Waals surface area contributed by atoms with Crippen LogP contribution in [0.2, 0.25) is 0 Å². The van der Waals surface area contributed by atoms with Crippen molar-refractivity contribution in [2.24, 2.45) is 0 Å². The van der Waals surface area contributed by atoms with Gasteiger partial charge in [-0.25, -0.2) is 17.2 Å². The van der Waals surface area contributed by atoms with Gasteiger partial charge in [0.2, 0.25) is 15.9 Å². The molecule has 1 saturated carbocycles. The average Bonchev–Trinajstić information content (AvgIpc) is 2.54. The minimum absolute atomic E-state index is 0.0298. The first-order valence-corrected chi connectivity index (χ1v) is 10.3. The molecular weight excluding hydrogens is 350 g/mol. The number of carbonyl (C=O) groups excluding carboxylic acids is 1. The molecule has 0 spiro atoms. The molecule has 1 aromatic carbocycles. The van der Waals surface area contributed by atoms with Gasteiger partial charge in [0.25, 0.3) is 0 Å². The van der Waals surface area contributed by atoms with Crippen LogP contribution in [0.4, 0.5) is 14.5 Å². The lowest BCUT2D eigenvalue weighted by molar-refractivity contribution is -0.122. The number of benzene rings is 1. The number of hydrogen-bond donors (Lipinski definition) is 1. The molecular formula is C17H24F2N2O3S. The molecule has 1 fully saturated rings. The first-order valence-electron chi connectivity index (χ1n) is 8.49. The monoisotopic (exact) mass is 374 g/mol. The lowest BCUT2D eigenvalue weighted by Gasteiger charge is -2.24. The Bertz CT molecular complexity index is 704. The van der Waals surface area contributed by atoms with E-state index < -0.39 is 21.7 Å². The van der Waals surface area contributed by atoms with E-state index in [9.17, 15) is 22.0 Å². The molecule has 1 aliphatic rings. The zero-order valence-electron chi connectivity index (χ0n) is 14.3. The number of amides is 1. The van der Waals surface area contributed by atoms with Crippen molar-refractivity contribution in [1.29, 1.82) is 0 Å². The minimum atomic E-state index is -3.66. The normalized spacial score (nSPS) is 15.8. The molecule has 0 unspecified atom stereocenters. The van der Waals surface area contributed by atoms with Gasteiger partial charge < -0.3 is 5.32 Å². The topological polar surface area (TPSA) is 66.5 Å². The third-order valence-electron chi connectivity index (χ3n) is 4.33. The summed E-state index contributed by atoms with van der Waals surface area (Å²) in [5.41, 5.74) is 0.0501. The fourth-order valence-corrected chi connectivity index (χ4v) is 4.01. The molecule has 1 aliphatic carbocycles. The van der Waals surface area contributed by atoms with Gasteiger partial charge in [-0.1, -0.05) is 19.3 Å². The zero-order chi connectivity index (χ0) is 18.4. The van der Waals surface area contributed by atoms with Crippen molar-refractivity contribution >= 4 is 21.6 Å². The lowest BCUT2D eigenvalue weighted by atomic mass is 9.95. The van der Waals surface area contributed by atoms with Gasteiger partial charge >= 0.3 is 0 Å². The van der Waals surface area contributed by atoms with Gasteiger partial charge in [0.1, 0.15) is 0 Å². The van der Waals surface area contributed by atoms with E-state index in [-0.39, 0.29) is 30.6 Å². The number of carbonyl (C=O) groups is 1. The van der Waals surface area contributed by atoms with Crippen molar-refractivity contribution < 1.29 is 22.0 Å². The van der Waals surface area contributed by atoms with Gasteiger partial charge in [0.15, 0.2) is 11.6 Å². The van der Waals surface area contributed by atoms with Gasteiger partial charge in [-0.05, 0) is 31.4 Å². The molecule has 0 aromatic heterocycles. The molecule has 2 rings (SSSR count). The van der Waals surface area contributed by atoms with E-state index in [1.165, 1.54) is 12.5 Å². The number of halogens is 2. The maximum absolute atomic E-state index is 13.4. The maximum atomic E-state index is 13.4. The summed E-state index contributed by atoms with van der Waals surface area (Å²) in [5, 5.41) is 2.97. The summed E-state index contributed by atoms with van der Waals surface area (Å²) in [6, 6.07) is 3.15. The van der Waals surface area contributed by atoms with Crippen LogP contribution < -0.4 is 9.62 Å². The summed E-state index contributed by atoms with van der Waals surface area (Å²) in [7, 11) is -3.66. The third-order valence-corrected chi connectivity index (χ3v) is 5.52. The Hall–Kier alpha value is -1.70. The summed E-state index contributed by atoms with van der Waals surface area (Å²) in [6.07, 6.45) is 6.87. The second-order valence-corrected chi connectivity index (χ2v) is 8.35. The Morgan fingerprint density at radius 2 is 1.88 bits per heavy atom. The molecule has 5 nitrogen and oxygen atoms in total. The quantitative estimate of drug-likeness (QED) is 0.798. The highest BCUT2D eigenvalue weighted by Crippen LogP contribution is 2.21. The molecule has 1 N–H and O–H groups in total. The van der Waals surface area contributed by atoms with Crippen molar-refractivity contribution in [2.75, 3.05) is 17.1 Å². The highest BCUT2D eigenvalue weighted by atomic mass is 32.2. The van der Waals surface area contributed by atoms with Gasteiger partial charge in [0.05, 0.1) is 11.9 Å². The molecule has 8 heteroatoms. The Labute approximate surface area is 147 Å². The van der Waals surface area contributed by atoms with E-state index in [0.717, 1.165) is 48.4 Å². The second-order valence-electron chi connectivity index (χ2n) is 6.44. The lowest BCUT2D eigenvalue weighted by Crippen LogP contribution is -2.37. The van der Waals surface area contributed by atoms with E-state index in [4.69, 9.17) is 0 Å². The fraction of sp³-hybridized carbons (Fsp3) is 0.588. The Balaban J connectivity index is 1.92. The van der Waals surface area contributed by atoms with Crippen LogP contribution >= 0.6 is 0 Å². The summed E-state index contributed by atoms with van der Waals surface area (Å²) in [6.45, 7) is 0.0298. The predicted octanol–water partition coefficient (Wildman–Crippen LogP) is 2.96. The van der Waals surface area contributed by atoms with E-state index in [0.29, 0.717) is 6.42 Å². The van der Waals surface area contributed by atoms with Crippen LogP contribution in [0, 0.1) is 11.6 Å². The smallest absolute Gasteiger partial charge is 0.232 e. The molecule has 25 heavy (non-hydrogen) atoms. The number of anilines is 1. The average molecular weight is 374 g/mol. The number of sulfonamides is 1. The molecule has 0 bridgehead atoms. The number of rotatable bonds is 7. The van der Waals surface area contributed by atoms with Crippen LogP contribution in [0.15, 0.2) is 18.2 Å². The van der Waals surface area contributed by atoms with Crippen LogP contribution in [0.1, 0.15) is 44.9 Å². The minimum Gasteiger partial charge on any atom is -0.353 e. The van der Waals surface area contributed by atoms with Crippen molar-refractivity contribution in [3.05, 3.63) is 29.8 Å². The van der Waals surface area contributed by atoms with Gasteiger partial charge in [-0.3, -0.25) is 9.10 Å². The highest BCUT2D eigenvalue weighted by Gasteiger charge is 2.20. The van der Waals surface area contributed by atoms with Crippen LogP contribution in [0.3, 0.4) is 0 Å².